The molecular weight excluding hydrogens is 424 g/mol. The number of hydrogen-bond donors (Lipinski definition) is 3. The highest BCUT2D eigenvalue weighted by Gasteiger charge is 2.30. The molecule has 2 amide bonds. The molecule has 0 spiro atoms. The summed E-state index contributed by atoms with van der Waals surface area (Å²) in [6.45, 7) is 0. The Bertz CT molecular complexity index is 1390. The predicted molar refractivity (Wildman–Crippen MR) is 135 cm³/mol. The second-order valence-electron chi connectivity index (χ2n) is 8.52. The van der Waals surface area contributed by atoms with Gasteiger partial charge < -0.3 is 20.9 Å². The second-order valence-corrected chi connectivity index (χ2v) is 8.52. The van der Waals surface area contributed by atoms with E-state index in [0.717, 1.165) is 38.9 Å². The molecule has 6 nitrogen and oxygen atoms in total. The summed E-state index contributed by atoms with van der Waals surface area (Å²) in [5.41, 5.74) is 11.9. The topological polar surface area (TPSA) is 91.2 Å². The molecule has 4 N–H and O–H groups in total. The van der Waals surface area contributed by atoms with Crippen molar-refractivity contribution in [1.82, 2.24) is 10.3 Å². The summed E-state index contributed by atoms with van der Waals surface area (Å²) >= 11 is 0. The summed E-state index contributed by atoms with van der Waals surface area (Å²) in [5, 5.41) is 3.93. The van der Waals surface area contributed by atoms with Crippen LogP contribution in [0, 0.1) is 0 Å². The molecule has 1 aliphatic rings. The number of amides is 2. The SMILES string of the molecule is CN1C(=O)C(NC(=O)C(N)Cc2c[nH]c3ccccc23)C=C(c2ccccc2)c2ccccc21. The van der Waals surface area contributed by atoms with E-state index in [4.69, 9.17) is 5.73 Å². The van der Waals surface area contributed by atoms with E-state index in [9.17, 15) is 9.59 Å². The highest BCUT2D eigenvalue weighted by Crippen LogP contribution is 2.34. The number of H-pyrrole nitrogens is 1. The number of aromatic amines is 1. The van der Waals surface area contributed by atoms with Gasteiger partial charge >= 0.3 is 0 Å². The standard InChI is InChI=1S/C28H26N4O2/c1-32-26-14-8-6-12-21(26)22(18-9-3-2-4-10-18)16-25(28(32)34)31-27(33)23(29)15-19-17-30-24-13-7-5-11-20(19)24/h2-14,16-17,23,25,30H,15,29H2,1H3,(H,31,33). The summed E-state index contributed by atoms with van der Waals surface area (Å²) < 4.78 is 0. The van der Waals surface area contributed by atoms with E-state index in [-0.39, 0.29) is 11.8 Å². The van der Waals surface area contributed by atoms with Gasteiger partial charge in [0.2, 0.25) is 5.91 Å². The van der Waals surface area contributed by atoms with Gasteiger partial charge in [-0.15, -0.1) is 0 Å². The van der Waals surface area contributed by atoms with Crippen LogP contribution in [0.2, 0.25) is 0 Å². The van der Waals surface area contributed by atoms with E-state index in [1.54, 1.807) is 11.9 Å². The Morgan fingerprint density at radius 1 is 1.03 bits per heavy atom. The fraction of sp³-hybridized carbons (Fsp3) is 0.143. The van der Waals surface area contributed by atoms with Crippen molar-refractivity contribution in [3.05, 3.63) is 108 Å². The van der Waals surface area contributed by atoms with E-state index in [1.807, 2.05) is 91.1 Å². The number of benzene rings is 3. The first-order valence-electron chi connectivity index (χ1n) is 11.3. The molecule has 0 radical (unpaired) electrons. The number of nitrogens with zero attached hydrogens (tertiary/aromatic N) is 1. The molecule has 6 heteroatoms. The lowest BCUT2D eigenvalue weighted by Gasteiger charge is -2.22. The molecule has 1 aliphatic heterocycles. The largest absolute Gasteiger partial charge is 0.361 e. The highest BCUT2D eigenvalue weighted by molar-refractivity contribution is 6.07. The number of aromatic nitrogens is 1. The fourth-order valence-corrected chi connectivity index (χ4v) is 4.51. The van der Waals surface area contributed by atoms with Crippen LogP contribution in [-0.2, 0) is 16.0 Å². The number of nitrogens with two attached hydrogens (primary N) is 1. The molecule has 1 aromatic heterocycles. The number of para-hydroxylation sites is 2. The van der Waals surface area contributed by atoms with Gasteiger partial charge in [0.15, 0.2) is 0 Å². The van der Waals surface area contributed by atoms with E-state index in [1.165, 1.54) is 0 Å². The van der Waals surface area contributed by atoms with Crippen molar-refractivity contribution < 1.29 is 9.59 Å². The zero-order valence-corrected chi connectivity index (χ0v) is 18.9. The van der Waals surface area contributed by atoms with Crippen LogP contribution in [0.25, 0.3) is 16.5 Å². The van der Waals surface area contributed by atoms with Gasteiger partial charge in [-0.3, -0.25) is 9.59 Å². The van der Waals surface area contributed by atoms with Crippen LogP contribution in [0.3, 0.4) is 0 Å². The lowest BCUT2D eigenvalue weighted by Crippen LogP contribution is -2.51. The Labute approximate surface area is 198 Å². The molecule has 5 rings (SSSR count). The van der Waals surface area contributed by atoms with Crippen molar-refractivity contribution in [2.45, 2.75) is 18.5 Å². The summed E-state index contributed by atoms with van der Waals surface area (Å²) in [4.78, 5) is 31.3. The zero-order valence-electron chi connectivity index (χ0n) is 18.9. The van der Waals surface area contributed by atoms with Crippen LogP contribution in [0.5, 0.6) is 0 Å². The van der Waals surface area contributed by atoms with Gasteiger partial charge in [-0.2, -0.15) is 0 Å². The predicted octanol–water partition coefficient (Wildman–Crippen LogP) is 3.63. The van der Waals surface area contributed by atoms with Crippen molar-refractivity contribution >= 4 is 34.0 Å². The number of fused-ring (bicyclic) bond motifs is 2. The third-order valence-electron chi connectivity index (χ3n) is 6.32. The Balaban J connectivity index is 1.44. The number of rotatable bonds is 5. The van der Waals surface area contributed by atoms with Gasteiger partial charge in [-0.1, -0.05) is 66.7 Å². The van der Waals surface area contributed by atoms with Gasteiger partial charge in [0.05, 0.1) is 11.7 Å². The maximum atomic E-state index is 13.4. The Morgan fingerprint density at radius 3 is 2.56 bits per heavy atom. The van der Waals surface area contributed by atoms with E-state index >= 15 is 0 Å². The Hall–Kier alpha value is -4.16. The molecule has 3 aromatic carbocycles. The minimum atomic E-state index is -0.839. The number of hydrogen-bond acceptors (Lipinski definition) is 3. The van der Waals surface area contributed by atoms with Gasteiger partial charge in [-0.05, 0) is 41.3 Å². The molecule has 2 unspecified atom stereocenters. The van der Waals surface area contributed by atoms with Gasteiger partial charge in [0, 0.05) is 29.7 Å². The summed E-state index contributed by atoms with van der Waals surface area (Å²) in [5.74, 6) is -0.585. The third-order valence-corrected chi connectivity index (χ3v) is 6.32. The zero-order chi connectivity index (χ0) is 23.7. The summed E-state index contributed by atoms with van der Waals surface area (Å²) in [7, 11) is 1.73. The first-order valence-corrected chi connectivity index (χ1v) is 11.3. The smallest absolute Gasteiger partial charge is 0.253 e. The molecule has 170 valence electrons. The number of carbonyl (C=O) groups is 2. The van der Waals surface area contributed by atoms with Crippen LogP contribution >= 0.6 is 0 Å². The van der Waals surface area contributed by atoms with Crippen molar-refractivity contribution in [2.75, 3.05) is 11.9 Å². The number of likely N-dealkylation sites (N-methyl/N-ethyl adjacent to an activating group) is 1. The van der Waals surface area contributed by atoms with Crippen molar-refractivity contribution in [2.24, 2.45) is 5.73 Å². The van der Waals surface area contributed by atoms with Crippen LogP contribution in [0.4, 0.5) is 5.69 Å². The lowest BCUT2D eigenvalue weighted by atomic mass is 9.95. The van der Waals surface area contributed by atoms with Crippen LogP contribution < -0.4 is 16.0 Å². The van der Waals surface area contributed by atoms with Crippen molar-refractivity contribution in [3.8, 4) is 0 Å². The molecule has 0 aliphatic carbocycles. The van der Waals surface area contributed by atoms with E-state index in [2.05, 4.69) is 10.3 Å². The molecule has 34 heavy (non-hydrogen) atoms. The first kappa shape index (κ1) is 21.7. The lowest BCUT2D eigenvalue weighted by molar-refractivity contribution is -0.127. The Kier molecular flexibility index (Phi) is 5.74. The second kappa shape index (κ2) is 9.00. The highest BCUT2D eigenvalue weighted by atomic mass is 16.2. The van der Waals surface area contributed by atoms with Crippen LogP contribution in [0.1, 0.15) is 16.7 Å². The maximum absolute atomic E-state index is 13.4. The third kappa shape index (κ3) is 4.00. The molecule has 0 saturated heterocycles. The average molecular weight is 451 g/mol. The summed E-state index contributed by atoms with van der Waals surface area (Å²) in [6.07, 6.45) is 4.07. The number of anilines is 1. The van der Waals surface area contributed by atoms with Crippen molar-refractivity contribution in [1.29, 1.82) is 0 Å². The average Bonchev–Trinajstić information content (AvgIpc) is 3.24. The maximum Gasteiger partial charge on any atom is 0.253 e. The Morgan fingerprint density at radius 2 is 1.74 bits per heavy atom. The molecule has 2 atom stereocenters. The first-order chi connectivity index (χ1) is 16.5. The van der Waals surface area contributed by atoms with Gasteiger partial charge in [0.25, 0.3) is 5.91 Å². The molecule has 2 heterocycles. The quantitative estimate of drug-likeness (QED) is 0.434. The monoisotopic (exact) mass is 450 g/mol. The summed E-state index contributed by atoms with van der Waals surface area (Å²) in [6, 6.07) is 23.9. The molecular formula is C28H26N4O2. The molecule has 0 saturated carbocycles. The van der Waals surface area contributed by atoms with Crippen LogP contribution in [0.15, 0.2) is 91.1 Å². The van der Waals surface area contributed by atoms with Gasteiger partial charge in [-0.25, -0.2) is 0 Å². The minimum absolute atomic E-state index is 0.217. The van der Waals surface area contributed by atoms with Crippen LogP contribution in [-0.4, -0.2) is 35.9 Å². The molecule has 4 aromatic rings. The minimum Gasteiger partial charge on any atom is -0.361 e. The fourth-order valence-electron chi connectivity index (χ4n) is 4.51. The van der Waals surface area contributed by atoms with Gasteiger partial charge in [0.1, 0.15) is 6.04 Å². The molecule has 0 bridgehead atoms. The van der Waals surface area contributed by atoms with Crippen molar-refractivity contribution in [3.63, 3.8) is 0 Å². The van der Waals surface area contributed by atoms with E-state index < -0.39 is 12.1 Å². The van der Waals surface area contributed by atoms with E-state index in [0.29, 0.717) is 6.42 Å². The molecule has 0 fully saturated rings. The normalized spacial score (nSPS) is 16.5. The number of carbonyl (C=O) groups excluding carboxylic acids is 2. The number of nitrogens with one attached hydrogen (secondary N) is 2.